The second kappa shape index (κ2) is 10.3. The monoisotopic (exact) mass is 427 g/mol. The molecule has 0 saturated carbocycles. The smallest absolute Gasteiger partial charge is 0.308 e. The van der Waals surface area contributed by atoms with Crippen molar-refractivity contribution in [1.29, 1.82) is 0 Å². The van der Waals surface area contributed by atoms with Crippen LogP contribution < -0.4 is 11.1 Å². The number of carbonyl (C=O) groups excluding carboxylic acids is 1. The van der Waals surface area contributed by atoms with Crippen molar-refractivity contribution in [2.75, 3.05) is 38.2 Å². The third-order valence-electron chi connectivity index (χ3n) is 4.78. The fourth-order valence-corrected chi connectivity index (χ4v) is 4.59. The summed E-state index contributed by atoms with van der Waals surface area (Å²) in [5.74, 6) is 1.19. The van der Waals surface area contributed by atoms with E-state index in [9.17, 15) is 4.79 Å². The molecule has 162 valence electrons. The van der Waals surface area contributed by atoms with Crippen molar-refractivity contribution < 1.29 is 23.3 Å². The van der Waals surface area contributed by atoms with Gasteiger partial charge >= 0.3 is 5.97 Å². The van der Waals surface area contributed by atoms with Gasteiger partial charge in [0, 0.05) is 5.92 Å². The number of ether oxygens (including phenoxy) is 2. The number of rotatable bonds is 9. The van der Waals surface area contributed by atoms with E-state index in [1.54, 1.807) is 6.33 Å². The van der Waals surface area contributed by atoms with Crippen LogP contribution in [0.4, 0.5) is 5.82 Å². The standard InChI is InChI=1S/C18H30N5O5P/c1-4-25-18(24)12(2)5-14-7-27-29(28-8-14)11-26-13(3)6-23-10-22-15-16(19)20-9-21-17(15)23/h10,12-14,21H,4-9,11H2,1-3H3,(H2,19,20). The first-order chi connectivity index (χ1) is 14.0. The summed E-state index contributed by atoms with van der Waals surface area (Å²) >= 11 is 0. The van der Waals surface area contributed by atoms with E-state index >= 15 is 0 Å². The first-order valence-corrected chi connectivity index (χ1v) is 11.2. The predicted octanol–water partition coefficient (Wildman–Crippen LogP) is 1.90. The molecule has 0 spiro atoms. The number of fused-ring (bicyclic) bond motifs is 1. The third-order valence-corrected chi connectivity index (χ3v) is 6.01. The van der Waals surface area contributed by atoms with Crippen LogP contribution in [0.1, 0.15) is 32.9 Å². The number of nitrogens with one attached hydrogen (secondary N) is 1. The van der Waals surface area contributed by atoms with E-state index in [2.05, 4.69) is 15.3 Å². The van der Waals surface area contributed by atoms with Crippen molar-refractivity contribution in [1.82, 2.24) is 9.55 Å². The average Bonchev–Trinajstić information content (AvgIpc) is 3.12. The van der Waals surface area contributed by atoms with Crippen molar-refractivity contribution in [2.45, 2.75) is 39.8 Å². The number of nitrogens with zero attached hydrogens (tertiary/aromatic N) is 3. The molecule has 0 radical (unpaired) electrons. The summed E-state index contributed by atoms with van der Waals surface area (Å²) in [6, 6.07) is 0. The summed E-state index contributed by atoms with van der Waals surface area (Å²) in [6.45, 7) is 8.32. The van der Waals surface area contributed by atoms with Crippen LogP contribution in [0, 0.1) is 11.8 Å². The molecule has 29 heavy (non-hydrogen) atoms. The molecule has 2 atom stereocenters. The van der Waals surface area contributed by atoms with Gasteiger partial charge in [0.15, 0.2) is 8.38 Å². The van der Waals surface area contributed by atoms with Gasteiger partial charge in [-0.1, -0.05) is 6.92 Å². The van der Waals surface area contributed by atoms with Crippen molar-refractivity contribution in [3.05, 3.63) is 12.0 Å². The number of amidine groups is 1. The number of hydrogen-bond donors (Lipinski definition) is 2. The van der Waals surface area contributed by atoms with Crippen LogP contribution in [0.15, 0.2) is 11.3 Å². The highest BCUT2D eigenvalue weighted by Crippen LogP contribution is 2.43. The molecule has 3 N–H and O–H groups in total. The molecule has 2 unspecified atom stereocenters. The molecular weight excluding hydrogens is 397 g/mol. The molecule has 1 fully saturated rings. The zero-order valence-corrected chi connectivity index (χ0v) is 18.1. The molecule has 0 amide bonds. The number of aromatic nitrogens is 2. The highest BCUT2D eigenvalue weighted by molar-refractivity contribution is 7.47. The van der Waals surface area contributed by atoms with Crippen molar-refractivity contribution >= 4 is 26.0 Å². The molecule has 0 aliphatic carbocycles. The largest absolute Gasteiger partial charge is 0.466 e. The minimum absolute atomic E-state index is 0.0496. The van der Waals surface area contributed by atoms with Gasteiger partial charge in [-0.25, -0.2) is 9.98 Å². The SMILES string of the molecule is CCOC(=O)C(C)CC1COP(COC(C)Cn2cnc3c2NCN=C3N)OC1. The number of carbonyl (C=O) groups is 1. The zero-order valence-electron chi connectivity index (χ0n) is 17.2. The lowest BCUT2D eigenvalue weighted by Gasteiger charge is -2.30. The van der Waals surface area contributed by atoms with Crippen LogP contribution in [0.25, 0.3) is 0 Å². The van der Waals surface area contributed by atoms with Gasteiger partial charge in [-0.05, 0) is 20.3 Å². The van der Waals surface area contributed by atoms with E-state index in [1.807, 2.05) is 25.3 Å². The van der Waals surface area contributed by atoms with Crippen molar-refractivity contribution in [2.24, 2.45) is 22.6 Å². The van der Waals surface area contributed by atoms with Gasteiger partial charge in [0.25, 0.3) is 0 Å². The maximum atomic E-state index is 11.8. The van der Waals surface area contributed by atoms with E-state index < -0.39 is 8.38 Å². The van der Waals surface area contributed by atoms with Crippen LogP contribution in [0.3, 0.4) is 0 Å². The van der Waals surface area contributed by atoms with Gasteiger partial charge in [0.2, 0.25) is 0 Å². The lowest BCUT2D eigenvalue weighted by molar-refractivity contribution is -0.148. The van der Waals surface area contributed by atoms with Crippen molar-refractivity contribution in [3.63, 3.8) is 0 Å². The summed E-state index contributed by atoms with van der Waals surface area (Å²) in [4.78, 5) is 20.2. The Morgan fingerprint density at radius 2 is 2.21 bits per heavy atom. The van der Waals surface area contributed by atoms with Gasteiger partial charge in [0.1, 0.15) is 30.4 Å². The Bertz CT molecular complexity index is 719. The van der Waals surface area contributed by atoms with Gasteiger partial charge in [-0.3, -0.25) is 4.79 Å². The quantitative estimate of drug-likeness (QED) is 0.453. The first-order valence-electron chi connectivity index (χ1n) is 9.88. The summed E-state index contributed by atoms with van der Waals surface area (Å²) in [5.41, 5.74) is 6.54. The second-order valence-electron chi connectivity index (χ2n) is 7.26. The molecule has 11 heteroatoms. The number of aliphatic imine (C=N–C) groups is 1. The van der Waals surface area contributed by atoms with E-state index in [0.717, 1.165) is 5.82 Å². The Balaban J connectivity index is 1.37. The lowest BCUT2D eigenvalue weighted by Crippen LogP contribution is -2.27. The summed E-state index contributed by atoms with van der Waals surface area (Å²) in [6.07, 6.45) is 2.79. The van der Waals surface area contributed by atoms with Crippen LogP contribution >= 0.6 is 8.38 Å². The van der Waals surface area contributed by atoms with Gasteiger partial charge in [-0.15, -0.1) is 0 Å². The molecule has 1 aromatic rings. The van der Waals surface area contributed by atoms with E-state index in [1.165, 1.54) is 0 Å². The van der Waals surface area contributed by atoms with Gasteiger partial charge in [0.05, 0.1) is 44.7 Å². The minimum atomic E-state index is -1.08. The molecule has 3 rings (SSSR count). The Labute approximate surface area is 172 Å². The van der Waals surface area contributed by atoms with Gasteiger partial charge < -0.3 is 34.1 Å². The minimum Gasteiger partial charge on any atom is -0.466 e. The van der Waals surface area contributed by atoms with Gasteiger partial charge in [-0.2, -0.15) is 0 Å². The Morgan fingerprint density at radius 3 is 2.93 bits per heavy atom. The Morgan fingerprint density at radius 1 is 1.45 bits per heavy atom. The Hall–Kier alpha value is -1.74. The molecule has 0 aromatic carbocycles. The number of nitrogens with two attached hydrogens (primary N) is 1. The van der Waals surface area contributed by atoms with E-state index in [4.69, 9.17) is 24.3 Å². The molecule has 1 saturated heterocycles. The van der Waals surface area contributed by atoms with Crippen LogP contribution in [0.2, 0.25) is 0 Å². The average molecular weight is 427 g/mol. The highest BCUT2D eigenvalue weighted by atomic mass is 31.2. The van der Waals surface area contributed by atoms with E-state index in [-0.39, 0.29) is 23.9 Å². The summed E-state index contributed by atoms with van der Waals surface area (Å²) < 4.78 is 24.6. The predicted molar refractivity (Wildman–Crippen MR) is 110 cm³/mol. The number of imidazole rings is 1. The van der Waals surface area contributed by atoms with Crippen LogP contribution in [-0.2, 0) is 29.9 Å². The maximum Gasteiger partial charge on any atom is 0.308 e. The van der Waals surface area contributed by atoms with Crippen molar-refractivity contribution in [3.8, 4) is 0 Å². The third kappa shape index (κ3) is 5.88. The summed E-state index contributed by atoms with van der Waals surface area (Å²) in [5, 5.41) is 3.19. The molecule has 1 aromatic heterocycles. The highest BCUT2D eigenvalue weighted by Gasteiger charge is 2.27. The lowest BCUT2D eigenvalue weighted by atomic mass is 9.97. The first kappa shape index (κ1) is 22.0. The molecular formula is C18H30N5O5P. The Kier molecular flexibility index (Phi) is 7.83. The maximum absolute atomic E-state index is 11.8. The number of esters is 1. The molecule has 10 nitrogen and oxygen atoms in total. The molecule has 3 heterocycles. The topological polar surface area (TPSA) is 122 Å². The van der Waals surface area contributed by atoms with Crippen LogP contribution in [-0.4, -0.2) is 60.3 Å². The van der Waals surface area contributed by atoms with Crippen LogP contribution in [0.5, 0.6) is 0 Å². The zero-order chi connectivity index (χ0) is 20.8. The number of anilines is 1. The molecule has 2 aliphatic heterocycles. The fraction of sp³-hybridized carbons (Fsp3) is 0.722. The summed E-state index contributed by atoms with van der Waals surface area (Å²) in [7, 11) is -1.08. The molecule has 2 aliphatic rings. The normalized spacial score (nSPS) is 23.5. The fourth-order valence-electron chi connectivity index (χ4n) is 3.24. The van der Waals surface area contributed by atoms with E-state index in [0.29, 0.717) is 57.3 Å². The number of hydrogen-bond acceptors (Lipinski definition) is 9. The molecule has 0 bridgehead atoms. The second-order valence-corrected chi connectivity index (χ2v) is 8.70.